The minimum absolute atomic E-state index is 0.0686. The van der Waals surface area contributed by atoms with Gasteiger partial charge in [0.2, 0.25) is 5.91 Å². The fraction of sp³-hybridized carbons (Fsp3) is 0.533. The summed E-state index contributed by atoms with van der Waals surface area (Å²) in [6.07, 6.45) is 0. The minimum Gasteiger partial charge on any atom is -0.308 e. The molecule has 4 heteroatoms. The van der Waals surface area contributed by atoms with Crippen molar-refractivity contribution in [1.82, 2.24) is 0 Å². The van der Waals surface area contributed by atoms with Gasteiger partial charge < -0.3 is 4.90 Å². The van der Waals surface area contributed by atoms with E-state index in [2.05, 4.69) is 15.9 Å². The minimum atomic E-state index is -0.429. The van der Waals surface area contributed by atoms with Gasteiger partial charge in [0.25, 0.3) is 0 Å². The molecule has 0 heterocycles. The summed E-state index contributed by atoms with van der Waals surface area (Å²) in [5.74, 6) is 0.0796. The molecule has 0 N–H and O–H groups in total. The Bertz CT molecular complexity index is 466. The van der Waals surface area contributed by atoms with Crippen LogP contribution in [0, 0.1) is 5.41 Å². The molecule has 0 fully saturated rings. The molecule has 0 aliphatic carbocycles. The van der Waals surface area contributed by atoms with Crippen LogP contribution in [0.1, 0.15) is 40.2 Å². The summed E-state index contributed by atoms with van der Waals surface area (Å²) >= 11 is 9.73. The maximum absolute atomic E-state index is 12.6. The molecule has 0 aromatic heterocycles. The SMILES string of the molecule is CC(C)N(C(=O)C(C)(C)C)c1ccc(CBr)cc1Cl. The van der Waals surface area contributed by atoms with Gasteiger partial charge in [0.1, 0.15) is 0 Å². The van der Waals surface area contributed by atoms with Gasteiger partial charge in [-0.05, 0) is 31.5 Å². The monoisotopic (exact) mass is 345 g/mol. The van der Waals surface area contributed by atoms with Crippen LogP contribution in [-0.4, -0.2) is 11.9 Å². The zero-order valence-electron chi connectivity index (χ0n) is 12.1. The van der Waals surface area contributed by atoms with Gasteiger partial charge in [0.05, 0.1) is 10.7 Å². The molecule has 1 amide bonds. The van der Waals surface area contributed by atoms with Gasteiger partial charge in [0.15, 0.2) is 0 Å². The van der Waals surface area contributed by atoms with E-state index in [1.54, 1.807) is 4.90 Å². The summed E-state index contributed by atoms with van der Waals surface area (Å²) in [5, 5.41) is 1.37. The van der Waals surface area contributed by atoms with Crippen LogP contribution in [0.5, 0.6) is 0 Å². The number of carbonyl (C=O) groups is 1. The Morgan fingerprint density at radius 2 is 1.95 bits per heavy atom. The van der Waals surface area contributed by atoms with Gasteiger partial charge in [0, 0.05) is 16.8 Å². The number of alkyl halides is 1. The predicted octanol–water partition coefficient (Wildman–Crippen LogP) is 5.02. The summed E-state index contributed by atoms with van der Waals surface area (Å²) in [4.78, 5) is 14.3. The summed E-state index contributed by atoms with van der Waals surface area (Å²) in [5.41, 5.74) is 1.45. The van der Waals surface area contributed by atoms with Crippen LogP contribution in [0.3, 0.4) is 0 Å². The highest BCUT2D eigenvalue weighted by molar-refractivity contribution is 9.08. The van der Waals surface area contributed by atoms with Gasteiger partial charge in [-0.3, -0.25) is 4.79 Å². The number of hydrogen-bond acceptors (Lipinski definition) is 1. The van der Waals surface area contributed by atoms with Gasteiger partial charge in [-0.2, -0.15) is 0 Å². The first-order valence-corrected chi connectivity index (χ1v) is 7.86. The number of carbonyl (C=O) groups excluding carboxylic acids is 1. The Morgan fingerprint density at radius 3 is 2.32 bits per heavy atom. The molecular formula is C15H21BrClNO. The average molecular weight is 347 g/mol. The Kier molecular flexibility index (Phi) is 5.45. The summed E-state index contributed by atoms with van der Waals surface area (Å²) in [7, 11) is 0. The van der Waals surface area contributed by atoms with E-state index < -0.39 is 5.41 Å². The van der Waals surface area contributed by atoms with Crippen LogP contribution < -0.4 is 4.90 Å². The van der Waals surface area contributed by atoms with Crippen LogP contribution >= 0.6 is 27.5 Å². The van der Waals surface area contributed by atoms with Crippen molar-refractivity contribution in [2.45, 2.75) is 46.0 Å². The summed E-state index contributed by atoms with van der Waals surface area (Å²) < 4.78 is 0. The fourth-order valence-electron chi connectivity index (χ4n) is 1.81. The van der Waals surface area contributed by atoms with Crippen molar-refractivity contribution in [3.05, 3.63) is 28.8 Å². The van der Waals surface area contributed by atoms with Crippen molar-refractivity contribution in [2.24, 2.45) is 5.41 Å². The molecule has 1 rings (SSSR count). The third kappa shape index (κ3) is 3.96. The first-order chi connectivity index (χ1) is 8.68. The normalized spacial score (nSPS) is 11.8. The summed E-state index contributed by atoms with van der Waals surface area (Å²) in [6, 6.07) is 5.87. The molecule has 0 radical (unpaired) electrons. The Labute approximate surface area is 129 Å². The van der Waals surface area contributed by atoms with Crippen molar-refractivity contribution in [1.29, 1.82) is 0 Å². The smallest absolute Gasteiger partial charge is 0.232 e. The molecule has 19 heavy (non-hydrogen) atoms. The van der Waals surface area contributed by atoms with Crippen molar-refractivity contribution in [3.63, 3.8) is 0 Å². The van der Waals surface area contributed by atoms with E-state index in [0.717, 1.165) is 16.6 Å². The van der Waals surface area contributed by atoms with Crippen molar-refractivity contribution in [3.8, 4) is 0 Å². The Balaban J connectivity index is 3.25. The van der Waals surface area contributed by atoms with E-state index in [-0.39, 0.29) is 11.9 Å². The highest BCUT2D eigenvalue weighted by Crippen LogP contribution is 2.32. The molecule has 0 aliphatic heterocycles. The van der Waals surface area contributed by atoms with Crippen LogP contribution in [0.4, 0.5) is 5.69 Å². The van der Waals surface area contributed by atoms with Gasteiger partial charge >= 0.3 is 0 Å². The number of amides is 1. The average Bonchev–Trinajstić information content (AvgIpc) is 2.29. The topological polar surface area (TPSA) is 20.3 Å². The van der Waals surface area contributed by atoms with Crippen LogP contribution in [0.15, 0.2) is 18.2 Å². The molecule has 2 nitrogen and oxygen atoms in total. The lowest BCUT2D eigenvalue weighted by molar-refractivity contribution is -0.126. The van der Waals surface area contributed by atoms with Gasteiger partial charge in [-0.25, -0.2) is 0 Å². The number of halogens is 2. The Hall–Kier alpha value is -0.540. The van der Waals surface area contributed by atoms with E-state index >= 15 is 0 Å². The van der Waals surface area contributed by atoms with Crippen molar-refractivity contribution < 1.29 is 4.79 Å². The van der Waals surface area contributed by atoms with E-state index in [1.165, 1.54) is 0 Å². The predicted molar refractivity (Wildman–Crippen MR) is 86.2 cm³/mol. The molecule has 0 atom stereocenters. The van der Waals surface area contributed by atoms with Crippen molar-refractivity contribution >= 4 is 39.1 Å². The lowest BCUT2D eigenvalue weighted by Gasteiger charge is -2.33. The molecule has 0 aliphatic rings. The second-order valence-electron chi connectivity index (χ2n) is 5.94. The first kappa shape index (κ1) is 16.5. The third-order valence-electron chi connectivity index (χ3n) is 2.80. The quantitative estimate of drug-likeness (QED) is 0.703. The Morgan fingerprint density at radius 1 is 1.37 bits per heavy atom. The largest absolute Gasteiger partial charge is 0.308 e. The lowest BCUT2D eigenvalue weighted by atomic mass is 9.93. The van der Waals surface area contributed by atoms with Crippen LogP contribution in [-0.2, 0) is 10.1 Å². The number of anilines is 1. The number of rotatable bonds is 3. The van der Waals surface area contributed by atoms with E-state index in [1.807, 2.05) is 52.8 Å². The highest BCUT2D eigenvalue weighted by atomic mass is 79.9. The third-order valence-corrected chi connectivity index (χ3v) is 3.75. The molecule has 1 aromatic carbocycles. The zero-order valence-corrected chi connectivity index (χ0v) is 14.5. The summed E-state index contributed by atoms with van der Waals surface area (Å²) in [6.45, 7) is 9.76. The highest BCUT2D eigenvalue weighted by Gasteiger charge is 2.30. The maximum atomic E-state index is 12.6. The molecule has 0 bridgehead atoms. The second kappa shape index (κ2) is 6.27. The molecule has 0 unspecified atom stereocenters. The molecule has 0 saturated heterocycles. The fourth-order valence-corrected chi connectivity index (χ4v) is 2.46. The number of hydrogen-bond donors (Lipinski definition) is 0. The molecule has 0 spiro atoms. The number of benzene rings is 1. The van der Waals surface area contributed by atoms with E-state index in [9.17, 15) is 4.79 Å². The van der Waals surface area contributed by atoms with Crippen molar-refractivity contribution in [2.75, 3.05) is 4.90 Å². The van der Waals surface area contributed by atoms with Gasteiger partial charge in [-0.15, -0.1) is 0 Å². The molecule has 0 saturated carbocycles. The molecule has 1 aromatic rings. The zero-order chi connectivity index (χ0) is 14.8. The molecule has 106 valence electrons. The first-order valence-electron chi connectivity index (χ1n) is 6.36. The van der Waals surface area contributed by atoms with Gasteiger partial charge in [-0.1, -0.05) is 54.4 Å². The van der Waals surface area contributed by atoms with E-state index in [0.29, 0.717) is 5.02 Å². The van der Waals surface area contributed by atoms with Crippen LogP contribution in [0.2, 0.25) is 5.02 Å². The van der Waals surface area contributed by atoms with E-state index in [4.69, 9.17) is 11.6 Å². The number of nitrogens with zero attached hydrogens (tertiary/aromatic N) is 1. The van der Waals surface area contributed by atoms with Crippen LogP contribution in [0.25, 0.3) is 0 Å². The maximum Gasteiger partial charge on any atom is 0.232 e. The second-order valence-corrected chi connectivity index (χ2v) is 6.91. The standard InChI is InChI=1S/C15H21BrClNO/c1-10(2)18(14(19)15(3,4)5)13-7-6-11(9-16)8-12(13)17/h6-8,10H,9H2,1-5H3. The lowest BCUT2D eigenvalue weighted by Crippen LogP contribution is -2.44. The molecular weight excluding hydrogens is 326 g/mol.